The average molecular weight is 392 g/mol. The van der Waals surface area contributed by atoms with Crippen LogP contribution in [-0.4, -0.2) is 14.9 Å². The lowest BCUT2D eigenvalue weighted by atomic mass is 10.1. The van der Waals surface area contributed by atoms with Crippen LogP contribution in [0.4, 0.5) is 17.6 Å². The molecule has 2 aromatic heterocycles. The molecule has 0 bridgehead atoms. The lowest BCUT2D eigenvalue weighted by Crippen LogP contribution is -2.30. The number of hydrogen-bond acceptors (Lipinski definition) is 2. The van der Waals surface area contributed by atoms with E-state index < -0.39 is 35.4 Å². The second-order valence-electron chi connectivity index (χ2n) is 6.37. The van der Waals surface area contributed by atoms with E-state index in [4.69, 9.17) is 0 Å². The van der Waals surface area contributed by atoms with Crippen LogP contribution < -0.4 is 5.56 Å². The lowest BCUT2D eigenvalue weighted by molar-refractivity contribution is -0.138. The number of pyridine rings is 1. The fraction of sp³-hybridized carbons (Fsp3) is 0.200. The molecule has 28 heavy (non-hydrogen) atoms. The van der Waals surface area contributed by atoms with Gasteiger partial charge >= 0.3 is 6.18 Å². The van der Waals surface area contributed by atoms with Gasteiger partial charge in [-0.05, 0) is 56.3 Å². The predicted octanol–water partition coefficient (Wildman–Crippen LogP) is 4.30. The monoisotopic (exact) mass is 392 g/mol. The Balaban J connectivity index is 1.96. The van der Waals surface area contributed by atoms with E-state index in [9.17, 15) is 27.2 Å². The summed E-state index contributed by atoms with van der Waals surface area (Å²) in [6.07, 6.45) is -3.64. The van der Waals surface area contributed by atoms with Crippen LogP contribution in [0.25, 0.3) is 5.69 Å². The van der Waals surface area contributed by atoms with Crippen molar-refractivity contribution < 1.29 is 22.4 Å². The minimum absolute atomic E-state index is 0.283. The molecule has 3 rings (SSSR count). The molecule has 0 atom stereocenters. The Kier molecular flexibility index (Phi) is 4.97. The summed E-state index contributed by atoms with van der Waals surface area (Å²) in [5, 5.41) is 0. The first-order valence-electron chi connectivity index (χ1n) is 8.34. The van der Waals surface area contributed by atoms with Gasteiger partial charge < -0.3 is 9.13 Å². The molecule has 0 amide bonds. The van der Waals surface area contributed by atoms with Gasteiger partial charge in [-0.15, -0.1) is 0 Å². The zero-order valence-electron chi connectivity index (χ0n) is 15.0. The molecule has 0 aliphatic heterocycles. The van der Waals surface area contributed by atoms with Crippen molar-refractivity contribution in [3.63, 3.8) is 0 Å². The maximum absolute atomic E-state index is 13.2. The number of alkyl halides is 3. The highest BCUT2D eigenvalue weighted by atomic mass is 19.4. The summed E-state index contributed by atoms with van der Waals surface area (Å²) >= 11 is 0. The van der Waals surface area contributed by atoms with E-state index >= 15 is 0 Å². The molecule has 1 aromatic carbocycles. The average Bonchev–Trinajstić information content (AvgIpc) is 2.91. The molecule has 0 radical (unpaired) electrons. The number of nitrogens with zero attached hydrogens (tertiary/aromatic N) is 2. The van der Waals surface area contributed by atoms with Gasteiger partial charge in [0.2, 0.25) is 0 Å². The Morgan fingerprint density at radius 3 is 2.32 bits per heavy atom. The molecule has 0 fully saturated rings. The molecule has 4 nitrogen and oxygen atoms in total. The molecule has 0 N–H and O–H groups in total. The zero-order chi connectivity index (χ0) is 20.6. The van der Waals surface area contributed by atoms with Crippen molar-refractivity contribution in [2.75, 3.05) is 0 Å². The predicted molar refractivity (Wildman–Crippen MR) is 95.2 cm³/mol. The van der Waals surface area contributed by atoms with Crippen LogP contribution in [0.2, 0.25) is 0 Å². The van der Waals surface area contributed by atoms with Crippen molar-refractivity contribution in [2.24, 2.45) is 0 Å². The van der Waals surface area contributed by atoms with Crippen LogP contribution in [0.15, 0.2) is 53.5 Å². The summed E-state index contributed by atoms with van der Waals surface area (Å²) in [4.78, 5) is 24.7. The van der Waals surface area contributed by atoms with Gasteiger partial charge in [-0.1, -0.05) is 0 Å². The lowest BCUT2D eigenvalue weighted by Gasteiger charge is -2.11. The first-order chi connectivity index (χ1) is 13.1. The molecular weight excluding hydrogens is 376 g/mol. The van der Waals surface area contributed by atoms with Crippen molar-refractivity contribution in [2.45, 2.75) is 26.6 Å². The van der Waals surface area contributed by atoms with Crippen LogP contribution in [0.5, 0.6) is 0 Å². The highest BCUT2D eigenvalue weighted by Crippen LogP contribution is 2.26. The van der Waals surface area contributed by atoms with Gasteiger partial charge in [0.1, 0.15) is 11.4 Å². The Morgan fingerprint density at radius 1 is 1.07 bits per heavy atom. The van der Waals surface area contributed by atoms with Crippen LogP contribution in [-0.2, 0) is 12.7 Å². The molecule has 2 heterocycles. The fourth-order valence-corrected chi connectivity index (χ4v) is 3.15. The molecule has 0 saturated carbocycles. The normalized spacial score (nSPS) is 11.6. The van der Waals surface area contributed by atoms with E-state index in [0.717, 1.165) is 16.8 Å². The highest BCUT2D eigenvalue weighted by molar-refractivity contribution is 5.97. The number of ketones is 1. The number of aryl methyl sites for hydroxylation is 1. The van der Waals surface area contributed by atoms with Crippen molar-refractivity contribution >= 4 is 5.78 Å². The molecule has 0 saturated heterocycles. The van der Waals surface area contributed by atoms with E-state index in [0.29, 0.717) is 23.1 Å². The Bertz CT molecular complexity index is 1090. The minimum Gasteiger partial charge on any atom is -0.318 e. The quantitative estimate of drug-likeness (QED) is 0.491. The van der Waals surface area contributed by atoms with Crippen LogP contribution in [0.1, 0.15) is 27.3 Å². The third-order valence-electron chi connectivity index (χ3n) is 4.46. The molecule has 0 aliphatic rings. The maximum atomic E-state index is 13.2. The van der Waals surface area contributed by atoms with E-state index in [1.807, 2.05) is 0 Å². The summed E-state index contributed by atoms with van der Waals surface area (Å²) < 4.78 is 54.3. The summed E-state index contributed by atoms with van der Waals surface area (Å²) in [5.74, 6) is -0.894. The van der Waals surface area contributed by atoms with Crippen molar-refractivity contribution in [3.05, 3.63) is 87.3 Å². The SMILES string of the molecule is Cc1cc(C(=O)Cn2cccc(C(F)(F)F)c2=O)c(C)n1-c1ccc(F)cc1. The third-order valence-corrected chi connectivity index (χ3v) is 4.46. The molecule has 0 spiro atoms. The minimum atomic E-state index is -4.79. The van der Waals surface area contributed by atoms with Crippen molar-refractivity contribution in [1.82, 2.24) is 9.13 Å². The van der Waals surface area contributed by atoms with Crippen molar-refractivity contribution in [1.29, 1.82) is 0 Å². The number of Topliss-reactive ketones (excluding diaryl/α,β-unsaturated/α-hetero) is 1. The molecule has 146 valence electrons. The van der Waals surface area contributed by atoms with E-state index in [1.165, 1.54) is 12.1 Å². The number of rotatable bonds is 4. The summed E-state index contributed by atoms with van der Waals surface area (Å²) in [7, 11) is 0. The molecule has 8 heteroatoms. The van der Waals surface area contributed by atoms with Crippen LogP contribution in [0.3, 0.4) is 0 Å². The van der Waals surface area contributed by atoms with Gasteiger partial charge in [0.05, 0.1) is 6.54 Å². The topological polar surface area (TPSA) is 44.0 Å². The Labute approximate surface area is 157 Å². The number of carbonyl (C=O) groups excluding carboxylic acids is 1. The van der Waals surface area contributed by atoms with Crippen LogP contribution >= 0.6 is 0 Å². The van der Waals surface area contributed by atoms with Gasteiger partial charge in [0, 0.05) is 28.8 Å². The molecular formula is C20H16F4N2O2. The van der Waals surface area contributed by atoms with E-state index in [-0.39, 0.29) is 5.56 Å². The fourth-order valence-electron chi connectivity index (χ4n) is 3.15. The summed E-state index contributed by atoms with van der Waals surface area (Å²) in [6.45, 7) is 2.92. The zero-order valence-corrected chi connectivity index (χ0v) is 15.0. The molecule has 0 unspecified atom stereocenters. The van der Waals surface area contributed by atoms with E-state index in [1.54, 1.807) is 36.6 Å². The summed E-state index contributed by atoms with van der Waals surface area (Å²) in [6, 6.07) is 9.06. The highest BCUT2D eigenvalue weighted by Gasteiger charge is 2.34. The van der Waals surface area contributed by atoms with Gasteiger partial charge in [-0.3, -0.25) is 9.59 Å². The smallest absolute Gasteiger partial charge is 0.318 e. The largest absolute Gasteiger partial charge is 0.421 e. The Hall–Kier alpha value is -3.16. The number of halogens is 4. The van der Waals surface area contributed by atoms with Crippen molar-refractivity contribution in [3.8, 4) is 5.69 Å². The molecule has 0 aliphatic carbocycles. The number of aromatic nitrogens is 2. The maximum Gasteiger partial charge on any atom is 0.421 e. The first kappa shape index (κ1) is 19.6. The Morgan fingerprint density at radius 2 is 1.71 bits per heavy atom. The summed E-state index contributed by atoms with van der Waals surface area (Å²) in [5.41, 5.74) is -0.411. The first-order valence-corrected chi connectivity index (χ1v) is 8.34. The number of carbonyl (C=O) groups is 1. The van der Waals surface area contributed by atoms with Gasteiger partial charge in [-0.25, -0.2) is 4.39 Å². The standard InChI is InChI=1S/C20H16F4N2O2/c1-12-10-16(13(2)26(12)15-7-5-14(21)6-8-15)18(27)11-25-9-3-4-17(19(25)28)20(22,23)24/h3-10H,11H2,1-2H3. The third kappa shape index (κ3) is 3.62. The van der Waals surface area contributed by atoms with Gasteiger partial charge in [0.25, 0.3) is 5.56 Å². The van der Waals surface area contributed by atoms with Gasteiger partial charge in [-0.2, -0.15) is 13.2 Å². The number of hydrogen-bond donors (Lipinski definition) is 0. The number of benzene rings is 1. The van der Waals surface area contributed by atoms with E-state index in [2.05, 4.69) is 0 Å². The van der Waals surface area contributed by atoms with Crippen LogP contribution in [0, 0.1) is 19.7 Å². The second-order valence-corrected chi connectivity index (χ2v) is 6.37. The van der Waals surface area contributed by atoms with Gasteiger partial charge in [0.15, 0.2) is 5.78 Å². The second kappa shape index (κ2) is 7.10. The molecule has 3 aromatic rings.